The Bertz CT molecular complexity index is 812. The van der Waals surface area contributed by atoms with Crippen LogP contribution in [0, 0.1) is 6.92 Å². The van der Waals surface area contributed by atoms with Gasteiger partial charge in [0, 0.05) is 13.1 Å². The van der Waals surface area contributed by atoms with Crippen molar-refractivity contribution >= 4 is 11.8 Å². The van der Waals surface area contributed by atoms with Gasteiger partial charge < -0.3 is 19.7 Å². The van der Waals surface area contributed by atoms with Gasteiger partial charge in [0.1, 0.15) is 23.1 Å². The number of hydrogen-bond acceptors (Lipinski definition) is 4. The molecule has 1 aliphatic heterocycles. The Morgan fingerprint density at radius 3 is 2.35 bits per heavy atom. The number of rotatable bonds is 4. The van der Waals surface area contributed by atoms with Crippen LogP contribution in [0.5, 0.6) is 11.5 Å². The van der Waals surface area contributed by atoms with E-state index >= 15 is 0 Å². The molecule has 26 heavy (non-hydrogen) atoms. The molecule has 1 fully saturated rings. The average Bonchev–Trinajstić information content (AvgIpc) is 2.67. The summed E-state index contributed by atoms with van der Waals surface area (Å²) in [5.74, 6) is 0.364. The average molecular weight is 354 g/mol. The molecule has 3 rings (SSSR count). The van der Waals surface area contributed by atoms with Crippen molar-refractivity contribution < 1.29 is 19.1 Å². The molecule has 6 nitrogen and oxygen atoms in total. The highest BCUT2D eigenvalue weighted by molar-refractivity contribution is 6.02. The minimum absolute atomic E-state index is 0.187. The monoisotopic (exact) mass is 354 g/mol. The molecule has 2 aromatic rings. The van der Waals surface area contributed by atoms with E-state index in [0.717, 1.165) is 11.1 Å². The first-order chi connectivity index (χ1) is 12.6. The summed E-state index contributed by atoms with van der Waals surface area (Å²) in [6.07, 6.45) is 0. The van der Waals surface area contributed by atoms with E-state index in [0.29, 0.717) is 30.2 Å². The Kier molecular flexibility index (Phi) is 5.11. The summed E-state index contributed by atoms with van der Waals surface area (Å²) in [6.45, 7) is 2.75. The smallest absolute Gasteiger partial charge is 0.262 e. The van der Waals surface area contributed by atoms with E-state index in [1.54, 1.807) is 23.1 Å². The number of hydrogen-bond donors (Lipinski definition) is 1. The number of methoxy groups -OCH3 is 2. The van der Waals surface area contributed by atoms with E-state index in [9.17, 15) is 9.59 Å². The number of aryl methyl sites for hydroxylation is 1. The van der Waals surface area contributed by atoms with Crippen LogP contribution in [0.15, 0.2) is 42.5 Å². The molecule has 1 N–H and O–H groups in total. The van der Waals surface area contributed by atoms with Crippen LogP contribution < -0.4 is 14.8 Å². The number of nitrogens with zero attached hydrogens (tertiary/aromatic N) is 1. The summed E-state index contributed by atoms with van der Waals surface area (Å²) in [6, 6.07) is 12.1. The van der Waals surface area contributed by atoms with Gasteiger partial charge in [-0.25, -0.2) is 0 Å². The molecule has 1 heterocycles. The molecule has 1 unspecified atom stereocenters. The van der Waals surface area contributed by atoms with Crippen molar-refractivity contribution in [3.63, 3.8) is 0 Å². The molecular formula is C20H22N2O4. The second-order valence-electron chi connectivity index (χ2n) is 6.09. The normalized spacial score (nSPS) is 16.8. The van der Waals surface area contributed by atoms with E-state index < -0.39 is 6.04 Å². The number of piperazine rings is 1. The Morgan fingerprint density at radius 1 is 1.08 bits per heavy atom. The molecule has 6 heteroatoms. The second kappa shape index (κ2) is 7.47. The lowest BCUT2D eigenvalue weighted by atomic mass is 9.96. The fourth-order valence-corrected chi connectivity index (χ4v) is 3.29. The molecule has 136 valence electrons. The lowest BCUT2D eigenvalue weighted by molar-refractivity contribution is -0.128. The lowest BCUT2D eigenvalue weighted by Gasteiger charge is -2.36. The third kappa shape index (κ3) is 3.10. The van der Waals surface area contributed by atoms with Gasteiger partial charge in [-0.2, -0.15) is 0 Å². The van der Waals surface area contributed by atoms with Gasteiger partial charge in [0.25, 0.3) is 5.91 Å². The van der Waals surface area contributed by atoms with Crippen LogP contribution in [0.2, 0.25) is 0 Å². The fraction of sp³-hybridized carbons (Fsp3) is 0.300. The maximum Gasteiger partial charge on any atom is 0.262 e. The highest BCUT2D eigenvalue weighted by Crippen LogP contribution is 2.34. The van der Waals surface area contributed by atoms with E-state index in [2.05, 4.69) is 5.32 Å². The standard InChI is InChI=1S/C20H22N2O4/c1-13-7-4-5-8-14(13)18-19(23)21-11-12-22(18)20(24)17-15(25-2)9-6-10-16(17)26-3/h4-10,18H,11-12H2,1-3H3,(H,21,23). The van der Waals surface area contributed by atoms with Crippen LogP contribution in [-0.2, 0) is 4.79 Å². The van der Waals surface area contributed by atoms with Gasteiger partial charge in [-0.15, -0.1) is 0 Å². The van der Waals surface area contributed by atoms with Crippen LogP contribution in [0.4, 0.5) is 0 Å². The van der Waals surface area contributed by atoms with Crippen molar-refractivity contribution in [2.45, 2.75) is 13.0 Å². The van der Waals surface area contributed by atoms with Crippen LogP contribution in [-0.4, -0.2) is 44.0 Å². The summed E-state index contributed by atoms with van der Waals surface area (Å²) in [5.41, 5.74) is 2.09. The number of carbonyl (C=O) groups excluding carboxylic acids is 2. The number of amides is 2. The minimum atomic E-state index is -0.688. The summed E-state index contributed by atoms with van der Waals surface area (Å²) < 4.78 is 10.7. The Balaban J connectivity index is 2.08. The summed E-state index contributed by atoms with van der Waals surface area (Å²) >= 11 is 0. The van der Waals surface area contributed by atoms with Gasteiger partial charge in [-0.05, 0) is 30.2 Å². The van der Waals surface area contributed by atoms with E-state index in [1.165, 1.54) is 14.2 Å². The number of ether oxygens (including phenoxy) is 2. The first-order valence-electron chi connectivity index (χ1n) is 8.43. The SMILES string of the molecule is COc1cccc(OC)c1C(=O)N1CCNC(=O)C1c1ccccc1C. The molecule has 2 aromatic carbocycles. The van der Waals surface area contributed by atoms with Crippen molar-refractivity contribution in [1.29, 1.82) is 0 Å². The summed E-state index contributed by atoms with van der Waals surface area (Å²) in [4.78, 5) is 27.6. The zero-order chi connectivity index (χ0) is 18.7. The summed E-state index contributed by atoms with van der Waals surface area (Å²) in [5, 5.41) is 2.86. The molecule has 1 atom stereocenters. The van der Waals surface area contributed by atoms with Crippen molar-refractivity contribution in [2.24, 2.45) is 0 Å². The second-order valence-corrected chi connectivity index (χ2v) is 6.09. The molecule has 0 bridgehead atoms. The Morgan fingerprint density at radius 2 is 1.73 bits per heavy atom. The molecule has 2 amide bonds. The maximum absolute atomic E-state index is 13.4. The van der Waals surface area contributed by atoms with Gasteiger partial charge in [-0.1, -0.05) is 30.3 Å². The zero-order valence-electron chi connectivity index (χ0n) is 15.1. The third-order valence-electron chi connectivity index (χ3n) is 4.60. The molecule has 0 spiro atoms. The van der Waals surface area contributed by atoms with E-state index in [4.69, 9.17) is 9.47 Å². The Hall–Kier alpha value is -3.02. The summed E-state index contributed by atoms with van der Waals surface area (Å²) in [7, 11) is 3.01. The van der Waals surface area contributed by atoms with E-state index in [-0.39, 0.29) is 11.8 Å². The number of nitrogens with one attached hydrogen (secondary N) is 1. The molecule has 1 aliphatic rings. The van der Waals surface area contributed by atoms with Crippen molar-refractivity contribution in [3.05, 3.63) is 59.2 Å². The van der Waals surface area contributed by atoms with Crippen LogP contribution in [0.25, 0.3) is 0 Å². The predicted molar refractivity (Wildman–Crippen MR) is 97.5 cm³/mol. The first-order valence-corrected chi connectivity index (χ1v) is 8.43. The van der Waals surface area contributed by atoms with Gasteiger partial charge in [-0.3, -0.25) is 9.59 Å². The quantitative estimate of drug-likeness (QED) is 0.915. The van der Waals surface area contributed by atoms with Crippen LogP contribution in [0.3, 0.4) is 0 Å². The van der Waals surface area contributed by atoms with Gasteiger partial charge >= 0.3 is 0 Å². The minimum Gasteiger partial charge on any atom is -0.496 e. The number of benzene rings is 2. The molecule has 0 saturated carbocycles. The fourth-order valence-electron chi connectivity index (χ4n) is 3.29. The van der Waals surface area contributed by atoms with E-state index in [1.807, 2.05) is 31.2 Å². The predicted octanol–water partition coefficient (Wildman–Crippen LogP) is 2.33. The topological polar surface area (TPSA) is 67.9 Å². The first kappa shape index (κ1) is 17.8. The molecule has 0 aliphatic carbocycles. The van der Waals surface area contributed by atoms with Crippen LogP contribution >= 0.6 is 0 Å². The van der Waals surface area contributed by atoms with Crippen molar-refractivity contribution in [2.75, 3.05) is 27.3 Å². The van der Waals surface area contributed by atoms with Gasteiger partial charge in [0.15, 0.2) is 0 Å². The number of carbonyl (C=O) groups is 2. The Labute approximate surface area is 152 Å². The largest absolute Gasteiger partial charge is 0.496 e. The molecular weight excluding hydrogens is 332 g/mol. The van der Waals surface area contributed by atoms with Crippen molar-refractivity contribution in [3.8, 4) is 11.5 Å². The molecule has 0 aromatic heterocycles. The highest BCUT2D eigenvalue weighted by Gasteiger charge is 2.37. The van der Waals surface area contributed by atoms with Gasteiger partial charge in [0.2, 0.25) is 5.91 Å². The van der Waals surface area contributed by atoms with Gasteiger partial charge in [0.05, 0.1) is 14.2 Å². The molecule has 0 radical (unpaired) electrons. The van der Waals surface area contributed by atoms with Crippen molar-refractivity contribution in [1.82, 2.24) is 10.2 Å². The maximum atomic E-state index is 13.4. The lowest BCUT2D eigenvalue weighted by Crippen LogP contribution is -2.52. The zero-order valence-corrected chi connectivity index (χ0v) is 15.1. The molecule has 1 saturated heterocycles. The third-order valence-corrected chi connectivity index (χ3v) is 4.60. The van der Waals surface area contributed by atoms with Crippen LogP contribution in [0.1, 0.15) is 27.5 Å². The highest BCUT2D eigenvalue weighted by atomic mass is 16.5.